The summed E-state index contributed by atoms with van der Waals surface area (Å²) in [4.78, 5) is 0.130. The van der Waals surface area contributed by atoms with Crippen LogP contribution in [-0.2, 0) is 22.0 Å². The van der Waals surface area contributed by atoms with Gasteiger partial charge in [-0.2, -0.15) is 17.5 Å². The fraction of sp³-hybridized carbons (Fsp3) is 0.333. The summed E-state index contributed by atoms with van der Waals surface area (Å²) in [5.74, 6) is 0.367. The van der Waals surface area contributed by atoms with E-state index in [-0.39, 0.29) is 4.90 Å². The van der Waals surface area contributed by atoms with Crippen molar-refractivity contribution in [3.63, 3.8) is 0 Å². The molecule has 2 aromatic heterocycles. The molecule has 3 rings (SSSR count). The van der Waals surface area contributed by atoms with Gasteiger partial charge in [0.05, 0.1) is 10.5 Å². The van der Waals surface area contributed by atoms with Gasteiger partial charge in [0.15, 0.2) is 10.8 Å². The highest BCUT2D eigenvalue weighted by atomic mass is 32.2. The number of hydrogen-bond acceptors (Lipinski definition) is 5. The third-order valence-electron chi connectivity index (χ3n) is 4.34. The summed E-state index contributed by atoms with van der Waals surface area (Å²) in [5, 5.41) is 8.54. The van der Waals surface area contributed by atoms with E-state index < -0.39 is 21.8 Å². The Morgan fingerprint density at radius 1 is 1.03 bits per heavy atom. The molecule has 0 aliphatic heterocycles. The first-order valence-corrected chi connectivity index (χ1v) is 11.2. The van der Waals surface area contributed by atoms with E-state index in [1.54, 1.807) is 24.3 Å². The van der Waals surface area contributed by atoms with Gasteiger partial charge in [-0.05, 0) is 29.8 Å². The molecule has 0 radical (unpaired) electrons. The Labute approximate surface area is 170 Å². The van der Waals surface area contributed by atoms with E-state index in [0.717, 1.165) is 12.1 Å². The number of alkyl halides is 3. The zero-order valence-corrected chi connectivity index (χ0v) is 17.4. The van der Waals surface area contributed by atoms with Crippen LogP contribution in [0.5, 0.6) is 0 Å². The van der Waals surface area contributed by atoms with Gasteiger partial charge >= 0.3 is 6.18 Å². The molecule has 0 spiro atoms. The van der Waals surface area contributed by atoms with Crippen LogP contribution in [0.3, 0.4) is 0 Å². The quantitative estimate of drug-likeness (QED) is 0.514. The van der Waals surface area contributed by atoms with E-state index in [2.05, 4.69) is 10.2 Å². The normalized spacial score (nSPS) is 12.8. The summed E-state index contributed by atoms with van der Waals surface area (Å²) in [5.41, 5.74) is 0.468. The first-order valence-electron chi connectivity index (χ1n) is 8.80. The number of aromatic nitrogens is 3. The molecule has 0 amide bonds. The molecular weight excluding hydrogens is 425 g/mol. The third kappa shape index (κ3) is 4.57. The van der Waals surface area contributed by atoms with Crippen LogP contribution in [0.2, 0.25) is 0 Å². The first-order chi connectivity index (χ1) is 13.7. The minimum absolute atomic E-state index is 0.130. The van der Waals surface area contributed by atoms with Crippen molar-refractivity contribution in [1.29, 1.82) is 0 Å². The van der Waals surface area contributed by atoms with Gasteiger partial charge < -0.3 is 0 Å². The summed E-state index contributed by atoms with van der Waals surface area (Å²) in [6, 6.07) is 7.96. The summed E-state index contributed by atoms with van der Waals surface area (Å²) >= 11 is 1.26. The lowest BCUT2D eigenvalue weighted by atomic mass is 10.1. The second-order valence-electron chi connectivity index (χ2n) is 6.15. The molecule has 3 aromatic rings. The van der Waals surface area contributed by atoms with Crippen molar-refractivity contribution in [1.82, 2.24) is 18.9 Å². The molecule has 1 aromatic carbocycles. The number of benzene rings is 1. The lowest BCUT2D eigenvalue weighted by Crippen LogP contribution is -2.30. The predicted molar refractivity (Wildman–Crippen MR) is 104 cm³/mol. The lowest BCUT2D eigenvalue weighted by Gasteiger charge is -2.18. The average molecular weight is 445 g/mol. The summed E-state index contributed by atoms with van der Waals surface area (Å²) < 4.78 is 66.4. The van der Waals surface area contributed by atoms with E-state index in [9.17, 15) is 21.6 Å². The van der Waals surface area contributed by atoms with Crippen molar-refractivity contribution < 1.29 is 21.6 Å². The van der Waals surface area contributed by atoms with E-state index in [0.29, 0.717) is 35.2 Å². The van der Waals surface area contributed by atoms with Gasteiger partial charge in [0.25, 0.3) is 0 Å². The molecule has 0 saturated carbocycles. The molecule has 0 N–H and O–H groups in total. The summed E-state index contributed by atoms with van der Waals surface area (Å²) in [6.45, 7) is 4.25. The zero-order valence-electron chi connectivity index (χ0n) is 15.7. The predicted octanol–water partition coefficient (Wildman–Crippen LogP) is 4.07. The highest BCUT2D eigenvalue weighted by Crippen LogP contribution is 2.30. The molecule has 0 atom stereocenters. The SMILES string of the molecule is CCN(CC)S(=O)(=O)c1ccc2nnc(SCc3ccc(C(F)(F)F)cc3)n2c1. The van der Waals surface area contributed by atoms with Crippen LogP contribution < -0.4 is 0 Å². The Morgan fingerprint density at radius 3 is 2.28 bits per heavy atom. The second kappa shape index (κ2) is 8.33. The molecule has 6 nitrogen and oxygen atoms in total. The average Bonchev–Trinajstić information content (AvgIpc) is 3.09. The molecule has 29 heavy (non-hydrogen) atoms. The summed E-state index contributed by atoms with van der Waals surface area (Å²) in [6.07, 6.45) is -2.90. The second-order valence-corrected chi connectivity index (χ2v) is 9.03. The number of halogens is 3. The first kappa shape index (κ1) is 21.6. The molecule has 11 heteroatoms. The van der Waals surface area contributed by atoms with Gasteiger partial charge in [0.2, 0.25) is 10.0 Å². The van der Waals surface area contributed by atoms with Crippen molar-refractivity contribution in [2.75, 3.05) is 13.1 Å². The fourth-order valence-corrected chi connectivity index (χ4v) is 5.08. The minimum Gasteiger partial charge on any atom is -0.276 e. The standard InChI is InChI=1S/C18H19F3N4O2S2/c1-3-24(4-2)29(26,27)15-9-10-16-22-23-17(25(16)11-15)28-12-13-5-7-14(8-6-13)18(19,20)21/h5-11H,3-4,12H2,1-2H3. The van der Waals surface area contributed by atoms with Gasteiger partial charge in [0, 0.05) is 25.0 Å². The Hall–Kier alpha value is -2.11. The third-order valence-corrected chi connectivity index (χ3v) is 7.38. The van der Waals surface area contributed by atoms with Gasteiger partial charge in [-0.1, -0.05) is 37.7 Å². The van der Waals surface area contributed by atoms with E-state index in [4.69, 9.17) is 0 Å². The van der Waals surface area contributed by atoms with Crippen LogP contribution in [0.4, 0.5) is 13.2 Å². The molecule has 156 valence electrons. The number of hydrogen-bond donors (Lipinski definition) is 0. The topological polar surface area (TPSA) is 67.6 Å². The molecule has 0 unspecified atom stereocenters. The minimum atomic E-state index is -4.37. The van der Waals surface area contributed by atoms with Crippen molar-refractivity contribution >= 4 is 27.4 Å². The van der Waals surface area contributed by atoms with Gasteiger partial charge in [-0.3, -0.25) is 4.40 Å². The van der Waals surface area contributed by atoms with Crippen molar-refractivity contribution in [2.45, 2.75) is 35.8 Å². The van der Waals surface area contributed by atoms with Crippen LogP contribution in [0, 0.1) is 0 Å². The Kier molecular flexibility index (Phi) is 6.20. The van der Waals surface area contributed by atoms with E-state index in [1.807, 2.05) is 0 Å². The van der Waals surface area contributed by atoms with Crippen LogP contribution in [0.1, 0.15) is 25.0 Å². The molecule has 0 fully saturated rings. The number of pyridine rings is 1. The Balaban J connectivity index is 1.84. The van der Waals surface area contributed by atoms with Crippen molar-refractivity contribution in [3.05, 3.63) is 53.7 Å². The zero-order chi connectivity index (χ0) is 21.2. The smallest absolute Gasteiger partial charge is 0.276 e. The van der Waals surface area contributed by atoms with Gasteiger partial charge in [-0.25, -0.2) is 8.42 Å². The maximum Gasteiger partial charge on any atom is 0.416 e. The Morgan fingerprint density at radius 2 is 1.69 bits per heavy atom. The molecule has 2 heterocycles. The number of rotatable bonds is 7. The summed E-state index contributed by atoms with van der Waals surface area (Å²) in [7, 11) is -3.63. The number of thioether (sulfide) groups is 1. The number of nitrogens with zero attached hydrogens (tertiary/aromatic N) is 4. The molecular formula is C18H19F3N4O2S2. The van der Waals surface area contributed by atoms with Gasteiger partial charge in [-0.15, -0.1) is 10.2 Å². The van der Waals surface area contributed by atoms with E-state index in [1.165, 1.54) is 40.5 Å². The number of fused-ring (bicyclic) bond motifs is 1. The Bertz CT molecular complexity index is 1090. The molecule has 0 saturated heterocycles. The highest BCUT2D eigenvalue weighted by Gasteiger charge is 2.30. The monoisotopic (exact) mass is 444 g/mol. The van der Waals surface area contributed by atoms with Crippen LogP contribution in [-0.4, -0.2) is 40.4 Å². The molecule has 0 bridgehead atoms. The van der Waals surface area contributed by atoms with Crippen LogP contribution in [0.25, 0.3) is 5.65 Å². The van der Waals surface area contributed by atoms with Crippen LogP contribution in [0.15, 0.2) is 52.6 Å². The molecule has 0 aliphatic carbocycles. The maximum absolute atomic E-state index is 12.7. The van der Waals surface area contributed by atoms with Crippen molar-refractivity contribution in [3.8, 4) is 0 Å². The van der Waals surface area contributed by atoms with Crippen LogP contribution >= 0.6 is 11.8 Å². The number of sulfonamides is 1. The van der Waals surface area contributed by atoms with Gasteiger partial charge in [0.1, 0.15) is 0 Å². The van der Waals surface area contributed by atoms with Crippen molar-refractivity contribution in [2.24, 2.45) is 0 Å². The highest BCUT2D eigenvalue weighted by molar-refractivity contribution is 7.98. The lowest BCUT2D eigenvalue weighted by molar-refractivity contribution is -0.137. The van der Waals surface area contributed by atoms with E-state index >= 15 is 0 Å². The molecule has 0 aliphatic rings. The maximum atomic E-state index is 12.7. The largest absolute Gasteiger partial charge is 0.416 e. The fourth-order valence-electron chi connectivity index (χ4n) is 2.75.